The second kappa shape index (κ2) is 7.84. The maximum absolute atomic E-state index is 13.1. The number of anilines is 3. The Hall–Kier alpha value is -3.39. The van der Waals surface area contributed by atoms with Crippen LogP contribution in [0.4, 0.5) is 22.7 Å². The van der Waals surface area contributed by atoms with Gasteiger partial charge in [-0.15, -0.1) is 0 Å². The summed E-state index contributed by atoms with van der Waals surface area (Å²) in [6.07, 6.45) is 4.92. The lowest BCUT2D eigenvalue weighted by atomic mass is 9.85. The second-order valence-corrected chi connectivity index (χ2v) is 9.77. The monoisotopic (exact) mass is 478 g/mol. The third kappa shape index (κ3) is 3.12. The largest absolute Gasteiger partial charge is 0.367 e. The fourth-order valence-corrected chi connectivity index (χ4v) is 6.37. The zero-order valence-electron chi connectivity index (χ0n) is 18.3. The predicted octanol–water partition coefficient (Wildman–Crippen LogP) is 3.89. The smallest absolute Gasteiger partial charge is 0.294 e. The number of amides is 2. The van der Waals surface area contributed by atoms with E-state index in [0.29, 0.717) is 36.9 Å². The van der Waals surface area contributed by atoms with Gasteiger partial charge in [0, 0.05) is 32.2 Å². The third-order valence-electron chi connectivity index (χ3n) is 7.70. The summed E-state index contributed by atoms with van der Waals surface area (Å²) >= 11 is 6.33. The van der Waals surface area contributed by atoms with Crippen molar-refractivity contribution >= 4 is 46.2 Å². The molecule has 0 unspecified atom stereocenters. The molecule has 2 aliphatic heterocycles. The number of nitro groups is 1. The normalized spacial score (nSPS) is 27.6. The molecule has 4 aliphatic rings. The number of piperazine rings is 1. The van der Waals surface area contributed by atoms with Crippen LogP contribution >= 0.6 is 11.6 Å². The van der Waals surface area contributed by atoms with Gasteiger partial charge < -0.3 is 9.80 Å². The van der Waals surface area contributed by atoms with Gasteiger partial charge >= 0.3 is 0 Å². The Morgan fingerprint density at radius 2 is 1.44 bits per heavy atom. The highest BCUT2D eigenvalue weighted by Gasteiger charge is 2.59. The summed E-state index contributed by atoms with van der Waals surface area (Å²) in [7, 11) is 0. The van der Waals surface area contributed by atoms with Gasteiger partial charge in [0.2, 0.25) is 11.8 Å². The van der Waals surface area contributed by atoms with Crippen molar-refractivity contribution in [2.75, 3.05) is 40.9 Å². The van der Waals surface area contributed by atoms with Gasteiger partial charge in [0.15, 0.2) is 0 Å². The van der Waals surface area contributed by atoms with Crippen LogP contribution in [0.2, 0.25) is 5.02 Å². The van der Waals surface area contributed by atoms with Crippen LogP contribution in [0.15, 0.2) is 54.6 Å². The van der Waals surface area contributed by atoms with Gasteiger partial charge in [-0.1, -0.05) is 35.9 Å². The number of hydrogen-bond acceptors (Lipinski definition) is 6. The van der Waals surface area contributed by atoms with E-state index in [1.807, 2.05) is 41.3 Å². The fraction of sp³-hybridized carbons (Fsp3) is 0.360. The molecule has 174 valence electrons. The maximum Gasteiger partial charge on any atom is 0.294 e. The minimum atomic E-state index is -0.434. The number of para-hydroxylation sites is 1. The topological polar surface area (TPSA) is 87.0 Å². The van der Waals surface area contributed by atoms with Gasteiger partial charge in [-0.05, 0) is 42.5 Å². The first kappa shape index (κ1) is 21.2. The number of carbonyl (C=O) groups is 2. The first-order valence-corrected chi connectivity index (χ1v) is 11.9. The van der Waals surface area contributed by atoms with Gasteiger partial charge in [0.05, 0.1) is 33.2 Å². The van der Waals surface area contributed by atoms with E-state index < -0.39 is 4.92 Å². The first-order chi connectivity index (χ1) is 16.4. The van der Waals surface area contributed by atoms with Crippen LogP contribution in [0.1, 0.15) is 6.42 Å². The SMILES string of the molecule is O=C1[C@@H]2[C@H](C(=O)N1c1ccc(N3CCN(c4ccccc4Cl)CC3)c([N+](=O)[O-])c1)[C@H]1C=C[C@H]2C1. The molecule has 9 heteroatoms. The van der Waals surface area contributed by atoms with E-state index in [2.05, 4.69) is 4.90 Å². The highest BCUT2D eigenvalue weighted by molar-refractivity contribution is 6.33. The van der Waals surface area contributed by atoms with Crippen LogP contribution in [0.5, 0.6) is 0 Å². The molecular formula is C25H23ClN4O4. The van der Waals surface area contributed by atoms with E-state index >= 15 is 0 Å². The van der Waals surface area contributed by atoms with Crippen molar-refractivity contribution in [3.63, 3.8) is 0 Å². The Kier molecular flexibility index (Phi) is 4.88. The minimum absolute atomic E-state index is 0.0950. The van der Waals surface area contributed by atoms with Crippen molar-refractivity contribution in [2.45, 2.75) is 6.42 Å². The molecule has 4 atom stereocenters. The van der Waals surface area contributed by atoms with E-state index in [1.165, 1.54) is 11.0 Å². The maximum atomic E-state index is 13.1. The molecule has 2 bridgehead atoms. The number of fused-ring (bicyclic) bond motifs is 5. The van der Waals surface area contributed by atoms with Crippen LogP contribution in [-0.2, 0) is 9.59 Å². The molecule has 1 saturated carbocycles. The van der Waals surface area contributed by atoms with Crippen LogP contribution in [0.3, 0.4) is 0 Å². The fourth-order valence-electron chi connectivity index (χ4n) is 6.12. The summed E-state index contributed by atoms with van der Waals surface area (Å²) in [4.78, 5) is 43.1. The van der Waals surface area contributed by atoms with Crippen molar-refractivity contribution in [1.29, 1.82) is 0 Å². The standard InChI is InChI=1S/C25H23ClN4O4/c26-18-3-1-2-4-19(18)27-9-11-28(12-10-27)20-8-7-17(14-21(20)30(33)34)29-24(31)22-15-5-6-16(13-15)23(22)25(29)32/h1-8,14-16,22-23H,9-13H2/t15-,16-,22-,23+/m0/s1. The van der Waals surface area contributed by atoms with Crippen molar-refractivity contribution in [2.24, 2.45) is 23.7 Å². The van der Waals surface area contributed by atoms with E-state index in [-0.39, 0.29) is 46.9 Å². The molecule has 2 aromatic rings. The first-order valence-electron chi connectivity index (χ1n) is 11.5. The number of imide groups is 1. The molecule has 2 saturated heterocycles. The molecule has 0 spiro atoms. The number of carbonyl (C=O) groups excluding carboxylic acids is 2. The number of hydrogen-bond donors (Lipinski definition) is 0. The highest BCUT2D eigenvalue weighted by Crippen LogP contribution is 2.53. The lowest BCUT2D eigenvalue weighted by molar-refractivity contribution is -0.384. The molecular weight excluding hydrogens is 456 g/mol. The van der Waals surface area contributed by atoms with Crippen molar-refractivity contribution in [1.82, 2.24) is 0 Å². The van der Waals surface area contributed by atoms with Crippen LogP contribution in [0.25, 0.3) is 0 Å². The summed E-state index contributed by atoms with van der Waals surface area (Å²) < 4.78 is 0. The van der Waals surface area contributed by atoms with E-state index in [0.717, 1.165) is 12.1 Å². The van der Waals surface area contributed by atoms with E-state index in [4.69, 9.17) is 11.6 Å². The number of allylic oxidation sites excluding steroid dienone is 2. The molecule has 3 fully saturated rings. The molecule has 0 N–H and O–H groups in total. The average Bonchev–Trinajstić information content (AvgIpc) is 3.53. The van der Waals surface area contributed by atoms with Gasteiger partial charge in [-0.3, -0.25) is 19.7 Å². The average molecular weight is 479 g/mol. The van der Waals surface area contributed by atoms with Gasteiger partial charge in [0.1, 0.15) is 5.69 Å². The Morgan fingerprint density at radius 1 is 0.853 bits per heavy atom. The van der Waals surface area contributed by atoms with Gasteiger partial charge in [-0.2, -0.15) is 0 Å². The summed E-state index contributed by atoms with van der Waals surface area (Å²) in [6.45, 7) is 2.52. The van der Waals surface area contributed by atoms with Crippen LogP contribution in [0, 0.1) is 33.8 Å². The van der Waals surface area contributed by atoms with Crippen molar-refractivity contribution < 1.29 is 14.5 Å². The summed E-state index contributed by atoms with van der Waals surface area (Å²) in [5.74, 6) is -0.942. The van der Waals surface area contributed by atoms with Gasteiger partial charge in [0.25, 0.3) is 5.69 Å². The molecule has 2 aromatic carbocycles. The number of halogens is 1. The van der Waals surface area contributed by atoms with Crippen LogP contribution in [-0.4, -0.2) is 42.9 Å². The summed E-state index contributed by atoms with van der Waals surface area (Å²) in [5.41, 5.74) is 1.64. The predicted molar refractivity (Wildman–Crippen MR) is 129 cm³/mol. The Balaban J connectivity index is 1.25. The third-order valence-corrected chi connectivity index (χ3v) is 8.02. The highest BCUT2D eigenvalue weighted by atomic mass is 35.5. The quantitative estimate of drug-likeness (QED) is 0.287. The number of rotatable bonds is 4. The number of nitrogens with zero attached hydrogens (tertiary/aromatic N) is 4. The molecule has 2 heterocycles. The summed E-state index contributed by atoms with van der Waals surface area (Å²) in [6, 6.07) is 12.3. The molecule has 0 aromatic heterocycles. The van der Waals surface area contributed by atoms with Crippen LogP contribution < -0.4 is 14.7 Å². The Bertz CT molecular complexity index is 1210. The second-order valence-electron chi connectivity index (χ2n) is 9.37. The molecule has 8 nitrogen and oxygen atoms in total. The molecule has 2 amide bonds. The number of benzene rings is 2. The molecule has 34 heavy (non-hydrogen) atoms. The van der Waals surface area contributed by atoms with E-state index in [1.54, 1.807) is 12.1 Å². The minimum Gasteiger partial charge on any atom is -0.367 e. The van der Waals surface area contributed by atoms with Crippen molar-refractivity contribution in [3.8, 4) is 0 Å². The zero-order valence-corrected chi connectivity index (χ0v) is 19.1. The Morgan fingerprint density at radius 3 is 2.03 bits per heavy atom. The summed E-state index contributed by atoms with van der Waals surface area (Å²) in [5, 5.41) is 12.7. The Labute approximate surface area is 201 Å². The number of nitro benzene ring substituents is 1. The molecule has 0 radical (unpaired) electrons. The molecule has 6 rings (SSSR count). The lowest BCUT2D eigenvalue weighted by Crippen LogP contribution is -2.46. The zero-order chi connectivity index (χ0) is 23.6. The lowest BCUT2D eigenvalue weighted by Gasteiger charge is -2.37. The van der Waals surface area contributed by atoms with Crippen molar-refractivity contribution in [3.05, 3.63) is 69.8 Å². The van der Waals surface area contributed by atoms with E-state index in [9.17, 15) is 19.7 Å². The molecule has 2 aliphatic carbocycles. The van der Waals surface area contributed by atoms with Gasteiger partial charge in [-0.25, -0.2) is 4.90 Å².